The molecule has 1 N–H and O–H groups in total. The minimum atomic E-state index is -0.970. The molecule has 1 atom stereocenters. The van der Waals surface area contributed by atoms with Crippen LogP contribution in [-0.2, 0) is 26.3 Å². The molecule has 2 aromatic carbocycles. The molecule has 0 saturated heterocycles. The Kier molecular flexibility index (Phi) is 5.80. The highest BCUT2D eigenvalue weighted by molar-refractivity contribution is 5.96. The van der Waals surface area contributed by atoms with Gasteiger partial charge in [0.1, 0.15) is 13.2 Å². The van der Waals surface area contributed by atoms with Crippen molar-refractivity contribution in [2.24, 2.45) is 10.2 Å². The van der Waals surface area contributed by atoms with Gasteiger partial charge in [-0.3, -0.25) is 14.2 Å². The molecule has 1 aliphatic heterocycles. The van der Waals surface area contributed by atoms with E-state index in [2.05, 4.69) is 31.0 Å². The second-order valence-corrected chi connectivity index (χ2v) is 8.72. The van der Waals surface area contributed by atoms with Crippen molar-refractivity contribution in [3.8, 4) is 17.4 Å². The van der Waals surface area contributed by atoms with Gasteiger partial charge in [0, 0.05) is 5.39 Å². The number of fused-ring (bicyclic) bond motifs is 2. The number of nitrogens with zero attached hydrogens (tertiary/aromatic N) is 3. The monoisotopic (exact) mass is 451 g/mol. The molecular formula is C24H25N3O6. The highest BCUT2D eigenvalue weighted by Crippen LogP contribution is 2.39. The number of aromatic nitrogens is 1. The number of esters is 1. The van der Waals surface area contributed by atoms with E-state index in [1.807, 2.05) is 18.2 Å². The summed E-state index contributed by atoms with van der Waals surface area (Å²) in [5.41, 5.74) is 1.59. The van der Waals surface area contributed by atoms with Crippen LogP contribution >= 0.6 is 0 Å². The van der Waals surface area contributed by atoms with E-state index in [1.165, 1.54) is 11.7 Å². The summed E-state index contributed by atoms with van der Waals surface area (Å²) in [7, 11) is 1.26. The van der Waals surface area contributed by atoms with Crippen LogP contribution in [0.15, 0.2) is 52.7 Å². The standard InChI is InChI=1S/C24H25N3O6/c1-24(2,3)14-9-10-17-18(11-14)33-19(13-32-17)22(29)26-25-21-15-7-5-6-8-16(15)27(23(21)30)12-20(28)31-4/h5-11,19,30H,12-13H2,1-4H3. The zero-order valence-corrected chi connectivity index (χ0v) is 18.9. The lowest BCUT2D eigenvalue weighted by molar-refractivity contribution is -0.141. The van der Waals surface area contributed by atoms with Crippen LogP contribution in [0.2, 0.25) is 0 Å². The van der Waals surface area contributed by atoms with E-state index in [0.717, 1.165) is 5.56 Å². The highest BCUT2D eigenvalue weighted by Gasteiger charge is 2.29. The highest BCUT2D eigenvalue weighted by atomic mass is 16.6. The Morgan fingerprint density at radius 3 is 2.67 bits per heavy atom. The third-order valence-electron chi connectivity index (χ3n) is 5.43. The van der Waals surface area contributed by atoms with E-state index in [1.54, 1.807) is 24.3 Å². The number of benzene rings is 2. The summed E-state index contributed by atoms with van der Waals surface area (Å²) < 4.78 is 17.6. The minimum absolute atomic E-state index is 0.00417. The SMILES string of the molecule is COC(=O)Cn1c(O)c(N=NC(=O)C2COc3ccc(C(C)(C)C)cc3O2)c2ccccc21. The fourth-order valence-electron chi connectivity index (χ4n) is 3.55. The van der Waals surface area contributed by atoms with Crippen LogP contribution < -0.4 is 9.47 Å². The predicted octanol–water partition coefficient (Wildman–Crippen LogP) is 4.27. The van der Waals surface area contributed by atoms with Crippen LogP contribution in [0, 0.1) is 0 Å². The molecule has 1 unspecified atom stereocenters. The Balaban J connectivity index is 1.59. The zero-order valence-electron chi connectivity index (χ0n) is 18.9. The second kappa shape index (κ2) is 8.57. The average molecular weight is 451 g/mol. The van der Waals surface area contributed by atoms with Gasteiger partial charge in [-0.25, -0.2) is 0 Å². The molecule has 1 amide bonds. The normalized spacial score (nSPS) is 15.7. The first kappa shape index (κ1) is 22.3. The molecule has 9 heteroatoms. The van der Waals surface area contributed by atoms with Gasteiger partial charge in [0.25, 0.3) is 0 Å². The average Bonchev–Trinajstić information content (AvgIpc) is 3.06. The number of hydrogen-bond donors (Lipinski definition) is 1. The maximum Gasteiger partial charge on any atom is 0.325 e. The molecule has 0 radical (unpaired) electrons. The Morgan fingerprint density at radius 1 is 1.18 bits per heavy atom. The van der Waals surface area contributed by atoms with Gasteiger partial charge in [0.15, 0.2) is 17.2 Å². The van der Waals surface area contributed by atoms with Crippen LogP contribution in [-0.4, -0.2) is 41.4 Å². The van der Waals surface area contributed by atoms with Gasteiger partial charge in [-0.1, -0.05) is 45.0 Å². The van der Waals surface area contributed by atoms with Crippen molar-refractivity contribution in [2.75, 3.05) is 13.7 Å². The summed E-state index contributed by atoms with van der Waals surface area (Å²) in [5, 5.41) is 19.0. The second-order valence-electron chi connectivity index (χ2n) is 8.72. The molecule has 172 valence electrons. The maximum absolute atomic E-state index is 12.7. The smallest absolute Gasteiger partial charge is 0.325 e. The lowest BCUT2D eigenvalue weighted by Gasteiger charge is -2.27. The first-order chi connectivity index (χ1) is 15.7. The van der Waals surface area contributed by atoms with Gasteiger partial charge in [-0.2, -0.15) is 0 Å². The van der Waals surface area contributed by atoms with Gasteiger partial charge in [0.05, 0.1) is 12.6 Å². The molecule has 0 saturated carbocycles. The van der Waals surface area contributed by atoms with Crippen molar-refractivity contribution in [1.82, 2.24) is 4.57 Å². The molecule has 2 heterocycles. The van der Waals surface area contributed by atoms with E-state index < -0.39 is 18.0 Å². The van der Waals surface area contributed by atoms with Crippen molar-refractivity contribution < 1.29 is 28.9 Å². The molecule has 33 heavy (non-hydrogen) atoms. The lowest BCUT2D eigenvalue weighted by Crippen LogP contribution is -2.35. The van der Waals surface area contributed by atoms with Gasteiger partial charge in [-0.05, 0) is 29.2 Å². The number of rotatable bonds is 4. The van der Waals surface area contributed by atoms with Crippen LogP contribution in [0.5, 0.6) is 17.4 Å². The number of carbonyl (C=O) groups excluding carboxylic acids is 2. The lowest BCUT2D eigenvalue weighted by atomic mass is 9.87. The summed E-state index contributed by atoms with van der Waals surface area (Å²) >= 11 is 0. The Labute approximate surface area is 190 Å². The summed E-state index contributed by atoms with van der Waals surface area (Å²) in [4.78, 5) is 24.5. The maximum atomic E-state index is 12.7. The van der Waals surface area contributed by atoms with Crippen LogP contribution in [0.4, 0.5) is 5.69 Å². The number of ether oxygens (including phenoxy) is 3. The van der Waals surface area contributed by atoms with Gasteiger partial charge in [0.2, 0.25) is 12.0 Å². The number of azo groups is 1. The largest absolute Gasteiger partial charge is 0.493 e. The van der Waals surface area contributed by atoms with Crippen molar-refractivity contribution >= 4 is 28.5 Å². The van der Waals surface area contributed by atoms with E-state index in [0.29, 0.717) is 22.4 Å². The van der Waals surface area contributed by atoms with Crippen LogP contribution in [0.1, 0.15) is 26.3 Å². The van der Waals surface area contributed by atoms with Crippen molar-refractivity contribution in [3.63, 3.8) is 0 Å². The Bertz CT molecular complexity index is 1260. The quantitative estimate of drug-likeness (QED) is 0.468. The van der Waals surface area contributed by atoms with Crippen molar-refractivity contribution in [3.05, 3.63) is 48.0 Å². The first-order valence-corrected chi connectivity index (χ1v) is 10.5. The fourth-order valence-corrected chi connectivity index (χ4v) is 3.55. The number of methoxy groups -OCH3 is 1. The van der Waals surface area contributed by atoms with Crippen molar-refractivity contribution in [1.29, 1.82) is 0 Å². The summed E-state index contributed by atoms with van der Waals surface area (Å²) in [5.74, 6) is -0.441. The Hall–Kier alpha value is -3.88. The van der Waals surface area contributed by atoms with Crippen molar-refractivity contribution in [2.45, 2.75) is 38.8 Å². The molecular weight excluding hydrogens is 426 g/mol. The van der Waals surface area contributed by atoms with E-state index in [-0.39, 0.29) is 30.1 Å². The van der Waals surface area contributed by atoms with Gasteiger partial charge < -0.3 is 19.3 Å². The summed E-state index contributed by atoms with van der Waals surface area (Å²) in [6.45, 7) is 6.03. The van der Waals surface area contributed by atoms with E-state index >= 15 is 0 Å². The molecule has 9 nitrogen and oxygen atoms in total. The van der Waals surface area contributed by atoms with Crippen LogP contribution in [0.3, 0.4) is 0 Å². The number of amides is 1. The van der Waals surface area contributed by atoms with E-state index in [4.69, 9.17) is 14.2 Å². The molecule has 1 aliphatic rings. The molecule has 0 fully saturated rings. The molecule has 0 aliphatic carbocycles. The third-order valence-corrected chi connectivity index (χ3v) is 5.43. The van der Waals surface area contributed by atoms with Crippen LogP contribution in [0.25, 0.3) is 10.9 Å². The molecule has 1 aromatic heterocycles. The van der Waals surface area contributed by atoms with E-state index in [9.17, 15) is 14.7 Å². The first-order valence-electron chi connectivity index (χ1n) is 10.5. The number of para-hydroxylation sites is 1. The van der Waals surface area contributed by atoms with Gasteiger partial charge >= 0.3 is 11.9 Å². The molecule has 0 spiro atoms. The summed E-state index contributed by atoms with van der Waals surface area (Å²) in [6, 6.07) is 12.6. The summed E-state index contributed by atoms with van der Waals surface area (Å²) in [6.07, 6.45) is -0.970. The Morgan fingerprint density at radius 2 is 1.94 bits per heavy atom. The predicted molar refractivity (Wildman–Crippen MR) is 120 cm³/mol. The topological polar surface area (TPSA) is 112 Å². The molecule has 0 bridgehead atoms. The molecule has 3 aromatic rings. The van der Waals surface area contributed by atoms with Gasteiger partial charge in [-0.15, -0.1) is 10.2 Å². The number of aromatic hydroxyl groups is 1. The number of carbonyl (C=O) groups is 2. The zero-order chi connectivity index (χ0) is 23.8. The minimum Gasteiger partial charge on any atom is -0.493 e. The fraction of sp³-hybridized carbons (Fsp3) is 0.333. The number of hydrogen-bond acceptors (Lipinski definition) is 7. The molecule has 4 rings (SSSR count). The third kappa shape index (κ3) is 4.39.